The summed E-state index contributed by atoms with van der Waals surface area (Å²) in [5.74, 6) is 0.869. The number of furan rings is 2. The zero-order chi connectivity index (χ0) is 17.8. The molecule has 0 aliphatic carbocycles. The van der Waals surface area contributed by atoms with Crippen LogP contribution in [0.1, 0.15) is 41.8 Å². The zero-order valence-corrected chi connectivity index (χ0v) is 15.1. The first kappa shape index (κ1) is 17.7. The molecule has 3 rings (SSSR count). The van der Waals surface area contributed by atoms with Gasteiger partial charge in [-0.15, -0.1) is 11.8 Å². The molecule has 2 atom stereocenters. The van der Waals surface area contributed by atoms with E-state index in [-0.39, 0.29) is 22.9 Å². The van der Waals surface area contributed by atoms with Gasteiger partial charge < -0.3 is 19.1 Å². The lowest BCUT2D eigenvalue weighted by Crippen LogP contribution is -2.48. The van der Waals surface area contributed by atoms with Crippen LogP contribution in [-0.4, -0.2) is 35.1 Å². The number of nitrogens with zero attached hydrogens (tertiary/aromatic N) is 1. The maximum Gasteiger partial charge on any atom is 0.291 e. The van der Waals surface area contributed by atoms with Crippen molar-refractivity contribution in [2.75, 3.05) is 12.3 Å². The molecular formula is C18H22N2O4S. The minimum Gasteiger partial charge on any atom is -0.472 e. The molecule has 3 heterocycles. The second-order valence-electron chi connectivity index (χ2n) is 6.42. The molecule has 2 aromatic heterocycles. The van der Waals surface area contributed by atoms with Crippen molar-refractivity contribution in [2.45, 2.75) is 31.7 Å². The van der Waals surface area contributed by atoms with Crippen LogP contribution >= 0.6 is 11.8 Å². The first-order valence-electron chi connectivity index (χ1n) is 8.35. The number of rotatable bonds is 6. The van der Waals surface area contributed by atoms with E-state index in [2.05, 4.69) is 19.2 Å². The van der Waals surface area contributed by atoms with E-state index < -0.39 is 6.04 Å². The van der Waals surface area contributed by atoms with E-state index in [0.717, 1.165) is 12.0 Å². The number of amides is 2. The molecule has 134 valence electrons. The maximum absolute atomic E-state index is 12.9. The normalized spacial score (nSPS) is 20.2. The average Bonchev–Trinajstić information content (AvgIpc) is 3.33. The van der Waals surface area contributed by atoms with Crippen LogP contribution in [0.3, 0.4) is 0 Å². The Morgan fingerprint density at radius 2 is 2.20 bits per heavy atom. The van der Waals surface area contributed by atoms with Crippen LogP contribution in [-0.2, 0) is 4.79 Å². The highest BCUT2D eigenvalue weighted by Crippen LogP contribution is 2.42. The topological polar surface area (TPSA) is 75.7 Å². The molecule has 7 heteroatoms. The van der Waals surface area contributed by atoms with E-state index in [1.54, 1.807) is 41.3 Å². The first-order chi connectivity index (χ1) is 12.1. The van der Waals surface area contributed by atoms with Gasteiger partial charge in [-0.25, -0.2) is 0 Å². The molecule has 1 saturated heterocycles. The summed E-state index contributed by atoms with van der Waals surface area (Å²) in [6, 6.07) is 4.57. The molecule has 0 aromatic carbocycles. The number of thioether (sulfide) groups is 1. The predicted molar refractivity (Wildman–Crippen MR) is 95.0 cm³/mol. The number of carbonyl (C=O) groups excluding carboxylic acids is 2. The lowest BCUT2D eigenvalue weighted by Gasteiger charge is -2.27. The van der Waals surface area contributed by atoms with Gasteiger partial charge in [0, 0.05) is 17.9 Å². The standard InChI is InChI=1S/C18H22N2O4S/c1-12(2)5-7-19-16(21)14-11-25-18(13-6-9-23-10-13)20(14)17(22)15-4-3-8-24-15/h3-4,6,8-10,12,14,18H,5,7,11H2,1-2H3,(H,19,21). The summed E-state index contributed by atoms with van der Waals surface area (Å²) in [5, 5.41) is 2.69. The van der Waals surface area contributed by atoms with Gasteiger partial charge in [-0.1, -0.05) is 13.8 Å². The van der Waals surface area contributed by atoms with Crippen LogP contribution in [0.5, 0.6) is 0 Å². The summed E-state index contributed by atoms with van der Waals surface area (Å²) in [4.78, 5) is 27.2. The van der Waals surface area contributed by atoms with Crippen LogP contribution in [0.4, 0.5) is 0 Å². The third-order valence-electron chi connectivity index (χ3n) is 4.12. The Balaban J connectivity index is 1.79. The van der Waals surface area contributed by atoms with E-state index in [0.29, 0.717) is 18.2 Å². The molecule has 0 radical (unpaired) electrons. The lowest BCUT2D eigenvalue weighted by molar-refractivity contribution is -0.124. The fraction of sp³-hybridized carbons (Fsp3) is 0.444. The fourth-order valence-corrected chi connectivity index (χ4v) is 4.16. The van der Waals surface area contributed by atoms with Crippen molar-refractivity contribution in [3.05, 3.63) is 48.3 Å². The van der Waals surface area contributed by atoms with Gasteiger partial charge in [0.05, 0.1) is 18.8 Å². The SMILES string of the molecule is CC(C)CCNC(=O)C1CSC(c2ccoc2)N1C(=O)c1ccco1. The van der Waals surface area contributed by atoms with Crippen molar-refractivity contribution < 1.29 is 18.4 Å². The molecular weight excluding hydrogens is 340 g/mol. The van der Waals surface area contributed by atoms with Gasteiger partial charge in [0.25, 0.3) is 5.91 Å². The Labute approximate surface area is 150 Å². The van der Waals surface area contributed by atoms with E-state index in [1.807, 2.05) is 6.07 Å². The van der Waals surface area contributed by atoms with E-state index in [1.165, 1.54) is 6.26 Å². The van der Waals surface area contributed by atoms with Crippen LogP contribution in [0.25, 0.3) is 0 Å². The van der Waals surface area contributed by atoms with Gasteiger partial charge in [0.15, 0.2) is 5.76 Å². The van der Waals surface area contributed by atoms with E-state index >= 15 is 0 Å². The molecule has 1 N–H and O–H groups in total. The Hall–Kier alpha value is -2.15. The minimum atomic E-state index is -0.533. The zero-order valence-electron chi connectivity index (χ0n) is 14.3. The summed E-state index contributed by atoms with van der Waals surface area (Å²) >= 11 is 1.55. The van der Waals surface area contributed by atoms with Crippen LogP contribution in [0, 0.1) is 5.92 Å². The van der Waals surface area contributed by atoms with Crippen molar-refractivity contribution in [3.63, 3.8) is 0 Å². The highest BCUT2D eigenvalue weighted by atomic mass is 32.2. The fourth-order valence-electron chi connectivity index (χ4n) is 2.76. The first-order valence-corrected chi connectivity index (χ1v) is 9.40. The molecule has 2 unspecified atom stereocenters. The predicted octanol–water partition coefficient (Wildman–Crippen LogP) is 3.29. The molecule has 1 fully saturated rings. The molecule has 2 amide bonds. The van der Waals surface area contributed by atoms with Crippen molar-refractivity contribution in [1.29, 1.82) is 0 Å². The van der Waals surface area contributed by atoms with Crippen molar-refractivity contribution in [1.82, 2.24) is 10.2 Å². The van der Waals surface area contributed by atoms with Crippen molar-refractivity contribution in [2.24, 2.45) is 5.92 Å². The van der Waals surface area contributed by atoms with Gasteiger partial charge in [0.2, 0.25) is 5.91 Å². The third kappa shape index (κ3) is 3.92. The highest BCUT2D eigenvalue weighted by molar-refractivity contribution is 7.99. The summed E-state index contributed by atoms with van der Waals surface area (Å²) in [6.45, 7) is 4.83. The molecule has 1 aliphatic rings. The Bertz CT molecular complexity index is 697. The van der Waals surface area contributed by atoms with Crippen LogP contribution in [0.2, 0.25) is 0 Å². The summed E-state index contributed by atoms with van der Waals surface area (Å²) in [7, 11) is 0. The van der Waals surface area contributed by atoms with E-state index in [9.17, 15) is 9.59 Å². The Morgan fingerprint density at radius 1 is 1.36 bits per heavy atom. The van der Waals surface area contributed by atoms with Crippen LogP contribution in [0.15, 0.2) is 45.8 Å². The molecule has 0 saturated carbocycles. The third-order valence-corrected chi connectivity index (χ3v) is 5.44. The second kappa shape index (κ2) is 7.82. The Kier molecular flexibility index (Phi) is 5.53. The van der Waals surface area contributed by atoms with Gasteiger partial charge >= 0.3 is 0 Å². The van der Waals surface area contributed by atoms with Gasteiger partial charge in [-0.2, -0.15) is 0 Å². The van der Waals surface area contributed by atoms with Gasteiger partial charge in [-0.05, 0) is 30.5 Å². The lowest BCUT2D eigenvalue weighted by atomic mass is 10.1. The molecule has 6 nitrogen and oxygen atoms in total. The smallest absolute Gasteiger partial charge is 0.291 e. The summed E-state index contributed by atoms with van der Waals surface area (Å²) in [6.07, 6.45) is 5.55. The number of nitrogens with one attached hydrogen (secondary N) is 1. The van der Waals surface area contributed by atoms with Crippen molar-refractivity contribution in [3.8, 4) is 0 Å². The second-order valence-corrected chi connectivity index (χ2v) is 7.53. The van der Waals surface area contributed by atoms with Crippen molar-refractivity contribution >= 4 is 23.6 Å². The van der Waals surface area contributed by atoms with E-state index in [4.69, 9.17) is 8.83 Å². The molecule has 2 aromatic rings. The molecule has 0 spiro atoms. The average molecular weight is 362 g/mol. The summed E-state index contributed by atoms with van der Waals surface area (Å²) < 4.78 is 10.4. The molecule has 0 bridgehead atoms. The van der Waals surface area contributed by atoms with Gasteiger partial charge in [-0.3, -0.25) is 9.59 Å². The van der Waals surface area contributed by atoms with Gasteiger partial charge in [0.1, 0.15) is 11.4 Å². The van der Waals surface area contributed by atoms with Crippen LogP contribution < -0.4 is 5.32 Å². The Morgan fingerprint density at radius 3 is 2.84 bits per heavy atom. The highest BCUT2D eigenvalue weighted by Gasteiger charge is 2.43. The molecule has 1 aliphatic heterocycles. The maximum atomic E-state index is 12.9. The number of hydrogen-bond donors (Lipinski definition) is 1. The number of hydrogen-bond acceptors (Lipinski definition) is 5. The quantitative estimate of drug-likeness (QED) is 0.853. The summed E-state index contributed by atoms with van der Waals surface area (Å²) in [5.41, 5.74) is 0.863. The molecule has 25 heavy (non-hydrogen) atoms. The number of carbonyl (C=O) groups is 2. The monoisotopic (exact) mass is 362 g/mol. The minimum absolute atomic E-state index is 0.126. The largest absolute Gasteiger partial charge is 0.472 e.